The molecule has 1 aliphatic carbocycles. The van der Waals surface area contributed by atoms with Gasteiger partial charge < -0.3 is 30.2 Å². The number of carbonyl (C=O) groups excluding carboxylic acids is 2. The number of fused-ring (bicyclic) bond motifs is 2. The standard InChI is InChI=1S/C47H53N7O3S/c48-45-42-41(34-17-6-3-7-18-34)44(35-19-8-4-9-20-35)53(46(42)50-31-54(45)36-23-25-37(55)26-24-36)29-33-16-13-15-32(28-33)14-5-1-2-12-27-49-40(56)22-11-10-21-39-43-38(30-58-39)51-47(57)52-43/h3-4,6-9,13,15-20,28,31,36-39,43,48,55H,1-2,10-12,21-27,29-30H2,(H,49,56)(H2,51,52,57)/t36?,37?,38?,39-,43?/m0/s1. The zero-order valence-electron chi connectivity index (χ0n) is 33.0. The summed E-state index contributed by atoms with van der Waals surface area (Å²) in [6.07, 6.45) is 10.7. The van der Waals surface area contributed by atoms with Crippen molar-refractivity contribution in [2.75, 3.05) is 12.3 Å². The predicted molar refractivity (Wildman–Crippen MR) is 231 cm³/mol. The highest BCUT2D eigenvalue weighted by atomic mass is 32.2. The molecule has 3 amide bonds. The number of hydrogen-bond donors (Lipinski definition) is 5. The van der Waals surface area contributed by atoms with Gasteiger partial charge in [0.05, 0.1) is 35.6 Å². The van der Waals surface area contributed by atoms with Crippen LogP contribution in [-0.2, 0) is 11.3 Å². The van der Waals surface area contributed by atoms with Crippen LogP contribution in [-0.4, -0.2) is 66.9 Å². The molecule has 1 saturated carbocycles. The first-order valence-corrected chi connectivity index (χ1v) is 22.0. The molecular weight excluding hydrogens is 743 g/mol. The third-order valence-electron chi connectivity index (χ3n) is 11.8. The van der Waals surface area contributed by atoms with E-state index >= 15 is 0 Å². The Morgan fingerprint density at radius 3 is 2.50 bits per heavy atom. The molecule has 3 fully saturated rings. The first kappa shape index (κ1) is 39.5. The molecule has 2 aromatic heterocycles. The van der Waals surface area contributed by atoms with E-state index in [0.717, 1.165) is 115 Å². The average molecular weight is 796 g/mol. The third kappa shape index (κ3) is 9.04. The Kier molecular flexibility index (Phi) is 12.6. The minimum atomic E-state index is -0.271. The summed E-state index contributed by atoms with van der Waals surface area (Å²) < 4.78 is 4.28. The summed E-state index contributed by atoms with van der Waals surface area (Å²) >= 11 is 1.92. The molecule has 2 unspecified atom stereocenters. The fourth-order valence-corrected chi connectivity index (χ4v) is 10.4. The maximum atomic E-state index is 12.4. The van der Waals surface area contributed by atoms with Crippen molar-refractivity contribution >= 4 is 34.7 Å². The first-order chi connectivity index (χ1) is 28.4. The fraction of sp³-hybridized carbons (Fsp3) is 0.404. The number of nitrogens with one attached hydrogen (secondary N) is 4. The Labute approximate surface area is 344 Å². The van der Waals surface area contributed by atoms with Crippen molar-refractivity contribution < 1.29 is 14.7 Å². The fourth-order valence-electron chi connectivity index (χ4n) is 8.84. The van der Waals surface area contributed by atoms with E-state index in [9.17, 15) is 20.1 Å². The summed E-state index contributed by atoms with van der Waals surface area (Å²) in [6, 6.07) is 29.7. The molecule has 2 saturated heterocycles. The Morgan fingerprint density at radius 2 is 1.71 bits per heavy atom. The van der Waals surface area contributed by atoms with Gasteiger partial charge in [0.1, 0.15) is 11.1 Å². The summed E-state index contributed by atoms with van der Waals surface area (Å²) in [4.78, 5) is 29.1. The SMILES string of the molecule is N=c1c2c(-c3ccccc3)c(-c3ccccc3)n(Cc3cccc(C#CCCCCNC(=O)CCCC[C@@H]4SCC5NC(=O)NC54)c3)c2ncn1C1CCC(O)CC1. The number of carbonyl (C=O) groups is 2. The Hall–Kier alpha value is -5.31. The molecule has 11 heteroatoms. The van der Waals surface area contributed by atoms with E-state index in [1.165, 1.54) is 0 Å². The normalized spacial score (nSPS) is 21.2. The Bertz CT molecular complexity index is 2340. The van der Waals surface area contributed by atoms with Gasteiger partial charge in [-0.15, -0.1) is 0 Å². The van der Waals surface area contributed by atoms with Gasteiger partial charge in [0.15, 0.2) is 0 Å². The highest BCUT2D eigenvalue weighted by Gasteiger charge is 2.42. The molecule has 4 heterocycles. The molecule has 0 spiro atoms. The van der Waals surface area contributed by atoms with Crippen molar-refractivity contribution in [3.63, 3.8) is 0 Å². The van der Waals surface area contributed by atoms with Crippen molar-refractivity contribution in [2.24, 2.45) is 0 Å². The monoisotopic (exact) mass is 795 g/mol. The molecule has 300 valence electrons. The van der Waals surface area contributed by atoms with Gasteiger partial charge >= 0.3 is 6.03 Å². The molecule has 3 aromatic carbocycles. The molecule has 8 rings (SSSR count). The minimum absolute atomic E-state index is 0.0530. The van der Waals surface area contributed by atoms with Crippen LogP contribution in [0.2, 0.25) is 0 Å². The molecule has 0 radical (unpaired) electrons. The van der Waals surface area contributed by atoms with Crippen molar-refractivity contribution in [1.82, 2.24) is 30.1 Å². The van der Waals surface area contributed by atoms with Crippen LogP contribution in [0, 0.1) is 17.3 Å². The maximum absolute atomic E-state index is 12.4. The lowest BCUT2D eigenvalue weighted by Crippen LogP contribution is -2.36. The first-order valence-electron chi connectivity index (χ1n) is 20.9. The number of rotatable bonds is 14. The molecule has 2 aliphatic heterocycles. The van der Waals surface area contributed by atoms with E-state index in [-0.39, 0.29) is 36.2 Å². The topological polar surface area (TPSA) is 137 Å². The van der Waals surface area contributed by atoms with Crippen molar-refractivity contribution in [3.05, 3.63) is 108 Å². The number of hydrogen-bond acceptors (Lipinski definition) is 6. The van der Waals surface area contributed by atoms with Crippen LogP contribution >= 0.6 is 11.8 Å². The van der Waals surface area contributed by atoms with E-state index in [1.807, 2.05) is 53.0 Å². The van der Waals surface area contributed by atoms with Gasteiger partial charge in [0, 0.05) is 54.1 Å². The van der Waals surface area contributed by atoms with Gasteiger partial charge in [-0.2, -0.15) is 11.8 Å². The summed E-state index contributed by atoms with van der Waals surface area (Å²) in [6.45, 7) is 1.22. The number of benzene rings is 3. The quantitative estimate of drug-likeness (QED) is 0.0450. The van der Waals surface area contributed by atoms with Gasteiger partial charge in [-0.3, -0.25) is 10.2 Å². The lowest BCUT2D eigenvalue weighted by atomic mass is 9.93. The molecule has 5 N–H and O–H groups in total. The number of thioether (sulfide) groups is 1. The molecule has 5 aromatic rings. The zero-order valence-corrected chi connectivity index (χ0v) is 33.8. The number of nitrogens with zero attached hydrogens (tertiary/aromatic N) is 3. The van der Waals surface area contributed by atoms with Gasteiger partial charge in [-0.1, -0.05) is 91.1 Å². The molecule has 0 bridgehead atoms. The van der Waals surface area contributed by atoms with Crippen LogP contribution in [0.3, 0.4) is 0 Å². The molecule has 58 heavy (non-hydrogen) atoms. The summed E-state index contributed by atoms with van der Waals surface area (Å²) in [5, 5.41) is 30.2. The highest BCUT2D eigenvalue weighted by Crippen LogP contribution is 2.40. The minimum Gasteiger partial charge on any atom is -0.393 e. The second-order valence-electron chi connectivity index (χ2n) is 15.9. The summed E-state index contributed by atoms with van der Waals surface area (Å²) in [5.41, 5.74) is 7.43. The van der Waals surface area contributed by atoms with E-state index in [0.29, 0.717) is 30.2 Å². The zero-order chi connectivity index (χ0) is 39.8. The van der Waals surface area contributed by atoms with Crippen LogP contribution in [0.25, 0.3) is 33.4 Å². The van der Waals surface area contributed by atoms with Crippen LogP contribution in [0.1, 0.15) is 87.8 Å². The third-order valence-corrected chi connectivity index (χ3v) is 13.3. The largest absolute Gasteiger partial charge is 0.393 e. The van der Waals surface area contributed by atoms with E-state index < -0.39 is 0 Å². The molecule has 3 atom stereocenters. The Balaban J connectivity index is 0.918. The Morgan fingerprint density at radius 1 is 0.931 bits per heavy atom. The van der Waals surface area contributed by atoms with Crippen LogP contribution in [0.4, 0.5) is 4.79 Å². The van der Waals surface area contributed by atoms with E-state index in [2.05, 4.69) is 87.0 Å². The van der Waals surface area contributed by atoms with E-state index in [4.69, 9.17) is 4.98 Å². The van der Waals surface area contributed by atoms with Crippen LogP contribution in [0.5, 0.6) is 0 Å². The second-order valence-corrected chi connectivity index (χ2v) is 17.2. The van der Waals surface area contributed by atoms with Crippen molar-refractivity contribution in [3.8, 4) is 34.2 Å². The van der Waals surface area contributed by atoms with Crippen molar-refractivity contribution in [1.29, 1.82) is 5.41 Å². The second kappa shape index (κ2) is 18.5. The highest BCUT2D eigenvalue weighted by molar-refractivity contribution is 8.00. The van der Waals surface area contributed by atoms with Gasteiger partial charge in [0.25, 0.3) is 0 Å². The lowest BCUT2D eigenvalue weighted by Gasteiger charge is -2.27. The number of aliphatic hydroxyl groups excluding tert-OH is 1. The lowest BCUT2D eigenvalue weighted by molar-refractivity contribution is -0.121. The number of amides is 3. The number of unbranched alkanes of at least 4 members (excludes halogenated alkanes) is 3. The molecular formula is C47H53N7O3S. The predicted octanol–water partition coefficient (Wildman–Crippen LogP) is 7.54. The number of aliphatic hydroxyl groups is 1. The maximum Gasteiger partial charge on any atom is 0.315 e. The number of aromatic nitrogens is 3. The van der Waals surface area contributed by atoms with Crippen molar-refractivity contribution in [2.45, 2.75) is 107 Å². The number of urea groups is 1. The smallest absolute Gasteiger partial charge is 0.315 e. The van der Waals surface area contributed by atoms with Gasteiger partial charge in [-0.25, -0.2) is 9.78 Å². The van der Waals surface area contributed by atoms with Gasteiger partial charge in [-0.05, 0) is 80.2 Å². The van der Waals surface area contributed by atoms with Crippen LogP contribution < -0.4 is 21.4 Å². The van der Waals surface area contributed by atoms with E-state index in [1.54, 1.807) is 0 Å². The van der Waals surface area contributed by atoms with Crippen LogP contribution in [0.15, 0.2) is 91.3 Å². The molecule has 10 nitrogen and oxygen atoms in total. The summed E-state index contributed by atoms with van der Waals surface area (Å²) in [5.74, 6) is 7.79. The average Bonchev–Trinajstić information content (AvgIpc) is 3.91. The summed E-state index contributed by atoms with van der Waals surface area (Å²) in [7, 11) is 0. The molecule has 3 aliphatic rings. The van der Waals surface area contributed by atoms with Gasteiger partial charge in [0.2, 0.25) is 5.91 Å².